The molecule has 6 nitrogen and oxygen atoms in total. The van der Waals surface area contributed by atoms with E-state index < -0.39 is 17.8 Å². The highest BCUT2D eigenvalue weighted by atomic mass is 79.9. The molecule has 8 heteroatoms. The smallest absolute Gasteiger partial charge is 0.309 e. The fourth-order valence-corrected chi connectivity index (χ4v) is 5.40. The summed E-state index contributed by atoms with van der Waals surface area (Å²) in [7, 11) is 0. The summed E-state index contributed by atoms with van der Waals surface area (Å²) in [5, 5.41) is 2.94. The van der Waals surface area contributed by atoms with E-state index in [9.17, 15) is 14.4 Å². The Morgan fingerprint density at radius 1 is 0.762 bits per heavy atom. The highest BCUT2D eigenvalue weighted by Crippen LogP contribution is 2.38. The molecular formula is C34H23BrClN3O3. The van der Waals surface area contributed by atoms with Crippen LogP contribution in [0.2, 0.25) is 5.02 Å². The minimum absolute atomic E-state index is 0.153. The summed E-state index contributed by atoms with van der Waals surface area (Å²) >= 11 is 9.69. The molecule has 1 fully saturated rings. The van der Waals surface area contributed by atoms with Gasteiger partial charge in [0.2, 0.25) is 0 Å². The summed E-state index contributed by atoms with van der Waals surface area (Å²) in [6.45, 7) is 1.86. The Balaban J connectivity index is 1.59. The molecule has 0 bridgehead atoms. The van der Waals surface area contributed by atoms with Crippen LogP contribution in [0.1, 0.15) is 11.1 Å². The molecule has 206 valence electrons. The molecule has 5 aromatic rings. The Morgan fingerprint density at radius 2 is 1.38 bits per heavy atom. The number of aryl methyl sites for hydroxylation is 1. The van der Waals surface area contributed by atoms with E-state index in [0.717, 1.165) is 43.1 Å². The number of halogens is 2. The maximum Gasteiger partial charge on any atom is 0.335 e. The van der Waals surface area contributed by atoms with Gasteiger partial charge in [-0.1, -0.05) is 88.2 Å². The van der Waals surface area contributed by atoms with E-state index in [2.05, 4.69) is 25.8 Å². The number of hydrogen-bond acceptors (Lipinski definition) is 3. The average molecular weight is 637 g/mol. The molecule has 42 heavy (non-hydrogen) atoms. The molecule has 0 unspecified atom stereocenters. The number of imide groups is 2. The average Bonchev–Trinajstić information content (AvgIpc) is 3.37. The summed E-state index contributed by atoms with van der Waals surface area (Å²) in [6.07, 6.45) is 1.56. The topological polar surface area (TPSA) is 71.4 Å². The van der Waals surface area contributed by atoms with Crippen molar-refractivity contribution in [3.05, 3.63) is 135 Å². The number of rotatable bonds is 5. The van der Waals surface area contributed by atoms with Crippen LogP contribution >= 0.6 is 27.5 Å². The van der Waals surface area contributed by atoms with Crippen LogP contribution in [0.4, 0.5) is 10.5 Å². The van der Waals surface area contributed by atoms with E-state index in [1.165, 1.54) is 0 Å². The van der Waals surface area contributed by atoms with Crippen molar-refractivity contribution < 1.29 is 14.4 Å². The van der Waals surface area contributed by atoms with E-state index in [4.69, 9.17) is 11.6 Å². The third-order valence-corrected chi connectivity index (χ3v) is 8.17. The van der Waals surface area contributed by atoms with Crippen molar-refractivity contribution in [2.24, 2.45) is 0 Å². The fourth-order valence-electron chi connectivity index (χ4n) is 5.03. The van der Waals surface area contributed by atoms with Crippen LogP contribution in [0.5, 0.6) is 0 Å². The molecule has 0 radical (unpaired) electrons. The number of barbiturate groups is 1. The third-order valence-electron chi connectivity index (χ3n) is 7.03. The molecule has 6 rings (SSSR count). The van der Waals surface area contributed by atoms with Crippen molar-refractivity contribution in [1.82, 2.24) is 9.88 Å². The molecule has 4 aromatic carbocycles. The Kier molecular flexibility index (Phi) is 7.37. The van der Waals surface area contributed by atoms with Crippen LogP contribution in [0, 0.1) is 6.92 Å². The van der Waals surface area contributed by atoms with Crippen molar-refractivity contribution in [2.45, 2.75) is 6.92 Å². The monoisotopic (exact) mass is 635 g/mol. The number of benzene rings is 4. The number of aromatic nitrogens is 1. The van der Waals surface area contributed by atoms with Gasteiger partial charge >= 0.3 is 6.03 Å². The second-order valence-corrected chi connectivity index (χ2v) is 11.1. The lowest BCUT2D eigenvalue weighted by atomic mass is 10.0. The second kappa shape index (κ2) is 11.3. The van der Waals surface area contributed by atoms with Crippen LogP contribution in [0.25, 0.3) is 34.3 Å². The van der Waals surface area contributed by atoms with Gasteiger partial charge in [0.25, 0.3) is 11.8 Å². The van der Waals surface area contributed by atoms with Gasteiger partial charge in [-0.15, -0.1) is 0 Å². The minimum Gasteiger partial charge on any atom is -0.309 e. The number of nitrogens with zero attached hydrogens (tertiary/aromatic N) is 2. The predicted molar refractivity (Wildman–Crippen MR) is 170 cm³/mol. The quantitative estimate of drug-likeness (QED) is 0.156. The van der Waals surface area contributed by atoms with Gasteiger partial charge in [-0.3, -0.25) is 14.9 Å². The van der Waals surface area contributed by atoms with E-state index in [0.29, 0.717) is 16.3 Å². The molecular weight excluding hydrogens is 614 g/mol. The summed E-state index contributed by atoms with van der Waals surface area (Å²) in [6, 6.07) is 33.4. The first kappa shape index (κ1) is 27.4. The molecule has 1 aliphatic heterocycles. The zero-order chi connectivity index (χ0) is 29.4. The zero-order valence-electron chi connectivity index (χ0n) is 22.3. The first-order valence-electron chi connectivity index (χ1n) is 13.1. The Labute approximate surface area is 256 Å². The molecule has 1 saturated heterocycles. The SMILES string of the molecule is Cc1cc(N2C(=O)NC(=O)/C(=C/c3cc(-c4ccccc4)n(-c4ccc(Cl)cc4)c3-c3ccccc3)C2=O)ccc1Br. The summed E-state index contributed by atoms with van der Waals surface area (Å²) in [5.74, 6) is -1.46. The number of nitrogens with one attached hydrogen (secondary N) is 1. The Hall–Kier alpha value is -4.72. The van der Waals surface area contributed by atoms with Gasteiger partial charge in [0.05, 0.1) is 17.1 Å². The Morgan fingerprint density at radius 3 is 2.02 bits per heavy atom. The van der Waals surface area contributed by atoms with Gasteiger partial charge < -0.3 is 4.57 Å². The first-order chi connectivity index (χ1) is 20.3. The van der Waals surface area contributed by atoms with Gasteiger partial charge in [0.1, 0.15) is 5.57 Å². The molecule has 1 aromatic heterocycles. The van der Waals surface area contributed by atoms with Crippen molar-refractivity contribution in [1.29, 1.82) is 0 Å². The van der Waals surface area contributed by atoms with Gasteiger partial charge in [0.15, 0.2) is 0 Å². The fraction of sp³-hybridized carbons (Fsp3) is 0.0294. The molecule has 4 amide bonds. The van der Waals surface area contributed by atoms with Crippen molar-refractivity contribution in [3.8, 4) is 28.2 Å². The maximum absolute atomic E-state index is 13.8. The van der Waals surface area contributed by atoms with E-state index >= 15 is 0 Å². The third kappa shape index (κ3) is 5.09. The normalized spacial score (nSPS) is 14.4. The van der Waals surface area contributed by atoms with Gasteiger partial charge in [-0.2, -0.15) is 0 Å². The minimum atomic E-state index is -0.795. The summed E-state index contributed by atoms with van der Waals surface area (Å²) in [4.78, 5) is 40.8. The lowest BCUT2D eigenvalue weighted by Crippen LogP contribution is -2.54. The van der Waals surface area contributed by atoms with Crippen LogP contribution in [0.3, 0.4) is 0 Å². The van der Waals surface area contributed by atoms with Crippen LogP contribution in [-0.4, -0.2) is 22.4 Å². The summed E-state index contributed by atoms with van der Waals surface area (Å²) in [5.41, 5.74) is 5.98. The molecule has 1 aliphatic rings. The van der Waals surface area contributed by atoms with Crippen LogP contribution in [0.15, 0.2) is 119 Å². The lowest BCUT2D eigenvalue weighted by Gasteiger charge is -2.26. The van der Waals surface area contributed by atoms with Crippen molar-refractivity contribution in [3.63, 3.8) is 0 Å². The number of amides is 4. The zero-order valence-corrected chi connectivity index (χ0v) is 24.7. The standard InChI is InChI=1S/C34H23BrClN3O3/c1-21-18-27(16-17-29(21)35)39-33(41)28(32(40)37-34(39)42)19-24-20-30(22-8-4-2-5-9-22)38(26-14-12-25(36)13-15-26)31(24)23-10-6-3-7-11-23/h2-20H,1H3,(H,37,40,42)/b28-19-. The summed E-state index contributed by atoms with van der Waals surface area (Å²) < 4.78 is 2.92. The number of urea groups is 1. The molecule has 0 spiro atoms. The lowest BCUT2D eigenvalue weighted by molar-refractivity contribution is -0.122. The van der Waals surface area contributed by atoms with E-state index in [-0.39, 0.29) is 5.57 Å². The molecule has 1 N–H and O–H groups in total. The highest BCUT2D eigenvalue weighted by molar-refractivity contribution is 9.10. The number of hydrogen-bond donors (Lipinski definition) is 1. The Bertz CT molecular complexity index is 1880. The number of carbonyl (C=O) groups is 3. The number of carbonyl (C=O) groups excluding carboxylic acids is 3. The van der Waals surface area contributed by atoms with Gasteiger partial charge in [-0.05, 0) is 78.2 Å². The first-order valence-corrected chi connectivity index (χ1v) is 14.3. The molecule has 0 atom stereocenters. The van der Waals surface area contributed by atoms with Crippen LogP contribution in [-0.2, 0) is 9.59 Å². The van der Waals surface area contributed by atoms with Gasteiger partial charge in [-0.25, -0.2) is 9.69 Å². The number of anilines is 1. The largest absolute Gasteiger partial charge is 0.335 e. The van der Waals surface area contributed by atoms with Crippen LogP contribution < -0.4 is 10.2 Å². The predicted octanol–water partition coefficient (Wildman–Crippen LogP) is 8.20. The highest BCUT2D eigenvalue weighted by Gasteiger charge is 2.37. The second-order valence-electron chi connectivity index (χ2n) is 9.77. The maximum atomic E-state index is 13.8. The van der Waals surface area contributed by atoms with Gasteiger partial charge in [0, 0.05) is 20.7 Å². The molecule has 2 heterocycles. The van der Waals surface area contributed by atoms with Crippen molar-refractivity contribution in [2.75, 3.05) is 4.90 Å². The van der Waals surface area contributed by atoms with E-state index in [1.807, 2.05) is 97.9 Å². The molecule has 0 saturated carbocycles. The van der Waals surface area contributed by atoms with E-state index in [1.54, 1.807) is 24.3 Å². The van der Waals surface area contributed by atoms with Crippen molar-refractivity contribution >= 4 is 57.1 Å². The molecule has 0 aliphatic carbocycles.